The van der Waals surface area contributed by atoms with Gasteiger partial charge in [0.2, 0.25) is 11.6 Å². The number of carbonyl (C=O) groups excluding carboxylic acids is 1. The molecule has 0 radical (unpaired) electrons. The summed E-state index contributed by atoms with van der Waals surface area (Å²) in [6.45, 7) is 11.0. The Morgan fingerprint density at radius 3 is 2.38 bits per heavy atom. The lowest BCUT2D eigenvalue weighted by Crippen LogP contribution is -2.73. The number of carbonyl (C=O) groups is 1. The molecule has 0 saturated heterocycles. The van der Waals surface area contributed by atoms with Crippen LogP contribution in [0.4, 0.5) is 0 Å². The molecule has 6 aliphatic rings. The summed E-state index contributed by atoms with van der Waals surface area (Å²) >= 11 is 0. The Bertz CT molecular complexity index is 714. The van der Waals surface area contributed by atoms with E-state index in [1.54, 1.807) is 14.2 Å². The fraction of sp³-hybridized carbons (Fsp3) is 0.792. The molecule has 0 aromatic heterocycles. The van der Waals surface area contributed by atoms with Crippen LogP contribution in [0.3, 0.4) is 0 Å². The number of hydrogen-bond acceptors (Lipinski definition) is 4. The monoisotopic (exact) mass is 418 g/mol. The molecule has 0 N–H and O–H groups in total. The molecule has 0 amide bonds. The quantitative estimate of drug-likeness (QED) is 0.291. The minimum absolute atomic E-state index is 0.0150. The Labute approximate surface area is 177 Å². The van der Waals surface area contributed by atoms with E-state index in [2.05, 4.69) is 39.5 Å². The van der Waals surface area contributed by atoms with Crippen LogP contribution in [0.25, 0.3) is 0 Å². The zero-order valence-corrected chi connectivity index (χ0v) is 19.9. The minimum atomic E-state index is -1.83. The van der Waals surface area contributed by atoms with Gasteiger partial charge < -0.3 is 13.9 Å². The Morgan fingerprint density at radius 2 is 1.83 bits per heavy atom. The summed E-state index contributed by atoms with van der Waals surface area (Å²) in [5.74, 6) is -0.590. The number of hydrogen-bond donors (Lipinski definition) is 0. The number of methoxy groups -OCH3 is 2. The molecule has 5 atom stereocenters. The Kier molecular flexibility index (Phi) is 5.29. The second kappa shape index (κ2) is 7.15. The Balaban J connectivity index is 1.86. The van der Waals surface area contributed by atoms with E-state index in [-0.39, 0.29) is 23.2 Å². The predicted molar refractivity (Wildman–Crippen MR) is 117 cm³/mol. The van der Waals surface area contributed by atoms with Crippen molar-refractivity contribution in [2.24, 2.45) is 22.7 Å². The maximum atomic E-state index is 14.0. The van der Waals surface area contributed by atoms with Gasteiger partial charge in [-0.3, -0.25) is 4.79 Å². The molecule has 5 unspecified atom stereocenters. The van der Waals surface area contributed by atoms with Crippen molar-refractivity contribution in [3.05, 3.63) is 24.3 Å². The first-order chi connectivity index (χ1) is 13.9. The van der Waals surface area contributed by atoms with Crippen LogP contribution in [0.2, 0.25) is 18.1 Å². The van der Waals surface area contributed by atoms with Crippen LogP contribution in [0.5, 0.6) is 0 Å². The van der Waals surface area contributed by atoms with Crippen molar-refractivity contribution in [2.75, 3.05) is 14.2 Å². The lowest BCUT2D eigenvalue weighted by molar-refractivity contribution is -0.263. The molecular formula is C24H38O4Si. The van der Waals surface area contributed by atoms with Gasteiger partial charge in [0.15, 0.2) is 8.32 Å². The van der Waals surface area contributed by atoms with E-state index in [0.29, 0.717) is 5.92 Å². The van der Waals surface area contributed by atoms with Gasteiger partial charge in [0, 0.05) is 25.6 Å². The van der Waals surface area contributed by atoms with Crippen LogP contribution in [0.1, 0.15) is 52.9 Å². The van der Waals surface area contributed by atoms with Crippen molar-refractivity contribution in [1.29, 1.82) is 0 Å². The van der Waals surface area contributed by atoms with Gasteiger partial charge in [-0.1, -0.05) is 32.9 Å². The summed E-state index contributed by atoms with van der Waals surface area (Å²) in [7, 11) is 1.41. The smallest absolute Gasteiger partial charge is 0.235 e. The van der Waals surface area contributed by atoms with E-state index >= 15 is 0 Å². The third kappa shape index (κ3) is 2.51. The molecule has 29 heavy (non-hydrogen) atoms. The molecule has 1 spiro atoms. The average Bonchev–Trinajstić information content (AvgIpc) is 2.75. The number of allylic oxidation sites excluding steroid dienone is 1. The summed E-state index contributed by atoms with van der Waals surface area (Å²) in [5, 5.41) is 0. The third-order valence-corrected chi connectivity index (χ3v) is 13.9. The molecule has 0 aliphatic heterocycles. The molecule has 4 nitrogen and oxygen atoms in total. The highest BCUT2D eigenvalue weighted by Crippen LogP contribution is 2.72. The summed E-state index contributed by atoms with van der Waals surface area (Å²) in [5.41, 5.74) is 0.924. The molecule has 0 aromatic rings. The number of Topliss-reactive ketones (excluding diaryl/α,β-unsaturated/α-hetero) is 1. The number of ether oxygens (including phenoxy) is 2. The van der Waals surface area contributed by atoms with E-state index in [1.165, 1.54) is 5.57 Å². The maximum absolute atomic E-state index is 14.0. The summed E-state index contributed by atoms with van der Waals surface area (Å²) in [6.07, 6.45) is 9.41. The van der Waals surface area contributed by atoms with Crippen molar-refractivity contribution >= 4 is 14.1 Å². The van der Waals surface area contributed by atoms with Crippen LogP contribution in [0.15, 0.2) is 24.3 Å². The van der Waals surface area contributed by atoms with Gasteiger partial charge in [-0.15, -0.1) is 6.58 Å². The molecule has 5 bridgehead atoms. The number of ketones is 1. The second-order valence-electron chi connectivity index (χ2n) is 9.84. The number of fused-ring (bicyclic) bond motifs is 2. The largest absolute Gasteiger partial charge is 0.410 e. The molecule has 5 heteroatoms. The molecule has 6 aliphatic carbocycles. The van der Waals surface area contributed by atoms with E-state index in [9.17, 15) is 4.79 Å². The van der Waals surface area contributed by atoms with Crippen molar-refractivity contribution in [2.45, 2.75) is 82.9 Å². The lowest BCUT2D eigenvalue weighted by Gasteiger charge is -2.69. The molecule has 0 heterocycles. The van der Waals surface area contributed by atoms with Gasteiger partial charge in [-0.25, -0.2) is 0 Å². The average molecular weight is 419 g/mol. The molecular weight excluding hydrogens is 380 g/mol. The molecule has 6 rings (SSSR count). The fourth-order valence-electron chi connectivity index (χ4n) is 7.48. The SMILES string of the molecule is C=CCC12CCC34C(=O)C(OC)(OC)C(C=C3C1O[Si](CC)(CC)CC)CC4C2. The van der Waals surface area contributed by atoms with Gasteiger partial charge >= 0.3 is 0 Å². The Morgan fingerprint density at radius 1 is 1.17 bits per heavy atom. The van der Waals surface area contributed by atoms with Gasteiger partial charge in [-0.05, 0) is 61.7 Å². The van der Waals surface area contributed by atoms with Crippen LogP contribution in [-0.2, 0) is 18.7 Å². The fourth-order valence-corrected chi connectivity index (χ4v) is 10.4. The van der Waals surface area contributed by atoms with Gasteiger partial charge in [0.1, 0.15) is 0 Å². The molecule has 4 fully saturated rings. The van der Waals surface area contributed by atoms with Gasteiger partial charge in [0.05, 0.1) is 11.5 Å². The lowest BCUT2D eigenvalue weighted by atomic mass is 9.37. The highest BCUT2D eigenvalue weighted by Gasteiger charge is 2.74. The predicted octanol–water partition coefficient (Wildman–Crippen LogP) is 5.26. The van der Waals surface area contributed by atoms with Crippen LogP contribution in [-0.4, -0.2) is 40.2 Å². The summed E-state index contributed by atoms with van der Waals surface area (Å²) in [6, 6.07) is 3.38. The first-order valence-electron chi connectivity index (χ1n) is 11.5. The zero-order chi connectivity index (χ0) is 21.1. The van der Waals surface area contributed by atoms with E-state index in [1.807, 2.05) is 0 Å². The number of rotatable bonds is 9. The van der Waals surface area contributed by atoms with Crippen molar-refractivity contribution < 1.29 is 18.7 Å². The molecule has 4 saturated carbocycles. The summed E-state index contributed by atoms with van der Waals surface area (Å²) < 4.78 is 18.8. The molecule has 0 aromatic carbocycles. The van der Waals surface area contributed by atoms with Crippen LogP contribution >= 0.6 is 0 Å². The normalized spacial score (nSPS) is 39.6. The standard InChI is InChI=1S/C24H38O4Si/c1-7-11-22-12-13-23-18(16-22)14-17(24(26-5,27-6)21(23)25)15-19(23)20(22)28-29(8-2,9-3)10-4/h7,15,17-18,20H,1,8-14,16H2,2-6H3. The van der Waals surface area contributed by atoms with Gasteiger partial charge in [0.25, 0.3) is 0 Å². The Hall–Kier alpha value is -0.753. The first-order valence-corrected chi connectivity index (χ1v) is 14.1. The third-order valence-electron chi connectivity index (χ3n) is 9.31. The van der Waals surface area contributed by atoms with Crippen molar-refractivity contribution in [3.63, 3.8) is 0 Å². The minimum Gasteiger partial charge on any atom is -0.410 e. The van der Waals surface area contributed by atoms with Crippen molar-refractivity contribution in [3.8, 4) is 0 Å². The van der Waals surface area contributed by atoms with Crippen molar-refractivity contribution in [1.82, 2.24) is 0 Å². The first kappa shape index (κ1) is 21.5. The zero-order valence-electron chi connectivity index (χ0n) is 18.9. The second-order valence-corrected chi connectivity index (χ2v) is 14.6. The summed E-state index contributed by atoms with van der Waals surface area (Å²) in [4.78, 5) is 14.0. The highest BCUT2D eigenvalue weighted by molar-refractivity contribution is 6.73. The van der Waals surface area contributed by atoms with E-state index < -0.39 is 19.5 Å². The maximum Gasteiger partial charge on any atom is 0.235 e. The van der Waals surface area contributed by atoms with E-state index in [4.69, 9.17) is 13.9 Å². The molecule has 162 valence electrons. The van der Waals surface area contributed by atoms with Gasteiger partial charge in [-0.2, -0.15) is 0 Å². The van der Waals surface area contributed by atoms with Crippen LogP contribution in [0, 0.1) is 22.7 Å². The van der Waals surface area contributed by atoms with Crippen LogP contribution < -0.4 is 0 Å². The van der Waals surface area contributed by atoms with E-state index in [0.717, 1.165) is 50.2 Å². The highest BCUT2D eigenvalue weighted by atomic mass is 28.4. The topological polar surface area (TPSA) is 44.8 Å².